The summed E-state index contributed by atoms with van der Waals surface area (Å²) in [5, 5.41) is 3.55. The second-order valence-corrected chi connectivity index (χ2v) is 9.43. The smallest absolute Gasteiger partial charge is 0.0405 e. The van der Waals surface area contributed by atoms with Gasteiger partial charge in [-0.15, -0.1) is 0 Å². The van der Waals surface area contributed by atoms with Crippen LogP contribution in [-0.2, 0) is 25.9 Å². The second kappa shape index (κ2) is 9.89. The van der Waals surface area contributed by atoms with E-state index in [0.29, 0.717) is 12.1 Å². The molecule has 1 aliphatic carbocycles. The summed E-state index contributed by atoms with van der Waals surface area (Å²) >= 11 is 0. The first kappa shape index (κ1) is 21.2. The monoisotopic (exact) mass is 425 g/mol. The Labute approximate surface area is 193 Å². The number of fused-ring (bicyclic) bond motifs is 1. The summed E-state index contributed by atoms with van der Waals surface area (Å²) in [5.74, 6) is 0. The topological polar surface area (TPSA) is 18.5 Å². The highest BCUT2D eigenvalue weighted by molar-refractivity contribution is 5.59. The van der Waals surface area contributed by atoms with Gasteiger partial charge in [0.25, 0.3) is 0 Å². The maximum atomic E-state index is 3.55. The van der Waals surface area contributed by atoms with Crippen molar-refractivity contribution >= 4 is 5.69 Å². The molecule has 0 bridgehead atoms. The number of hydrogen-bond donors (Lipinski definition) is 1. The van der Waals surface area contributed by atoms with Gasteiger partial charge in [-0.3, -0.25) is 4.90 Å². The molecular formula is C29H35N3. The predicted molar refractivity (Wildman–Crippen MR) is 134 cm³/mol. The lowest BCUT2D eigenvalue weighted by Crippen LogP contribution is -2.50. The number of nitrogens with zero attached hydrogens (tertiary/aromatic N) is 2. The zero-order chi connectivity index (χ0) is 21.8. The number of nitrogens with one attached hydrogen (secondary N) is 1. The molecule has 3 heteroatoms. The SMILES string of the molecule is C[C@@H]1CNCCN1c1cccc2c1CC(N(Cc1ccccc1)Cc1ccccc1)CC2. The van der Waals surface area contributed by atoms with E-state index in [1.54, 1.807) is 11.1 Å². The standard InChI is InChI=1S/C29H35N3/c1-23-20-30-17-18-32(23)29-14-8-13-26-15-16-27(19-28(26)29)31(21-24-9-4-2-5-10-24)22-25-11-6-3-7-12-25/h2-14,23,27,30H,15-22H2,1H3/t23-,27?/m1/s1. The molecule has 0 saturated carbocycles. The van der Waals surface area contributed by atoms with Crippen molar-refractivity contribution in [2.75, 3.05) is 24.5 Å². The summed E-state index contributed by atoms with van der Waals surface area (Å²) in [7, 11) is 0. The highest BCUT2D eigenvalue weighted by Gasteiger charge is 2.29. The minimum absolute atomic E-state index is 0.542. The molecule has 3 nitrogen and oxygen atoms in total. The largest absolute Gasteiger partial charge is 0.366 e. The second-order valence-electron chi connectivity index (χ2n) is 9.43. The van der Waals surface area contributed by atoms with Crippen LogP contribution in [0.2, 0.25) is 0 Å². The number of aryl methyl sites for hydroxylation is 1. The Hall–Kier alpha value is -2.62. The number of benzene rings is 3. The van der Waals surface area contributed by atoms with Crippen LogP contribution in [0, 0.1) is 0 Å². The third-order valence-electron chi connectivity index (χ3n) is 7.22. The molecule has 1 aliphatic heterocycles. The molecule has 2 atom stereocenters. The summed E-state index contributed by atoms with van der Waals surface area (Å²) in [6.45, 7) is 7.60. The molecular weight excluding hydrogens is 390 g/mol. The normalized spacial score (nSPS) is 20.9. The maximum absolute atomic E-state index is 3.55. The van der Waals surface area contributed by atoms with Gasteiger partial charge in [-0.2, -0.15) is 0 Å². The average Bonchev–Trinajstić information content (AvgIpc) is 2.85. The average molecular weight is 426 g/mol. The molecule has 32 heavy (non-hydrogen) atoms. The van der Waals surface area contributed by atoms with E-state index >= 15 is 0 Å². The first-order chi connectivity index (χ1) is 15.8. The molecule has 5 rings (SSSR count). The van der Waals surface area contributed by atoms with Gasteiger partial charge >= 0.3 is 0 Å². The van der Waals surface area contributed by atoms with Crippen LogP contribution in [0.15, 0.2) is 78.9 Å². The van der Waals surface area contributed by atoms with Crippen LogP contribution >= 0.6 is 0 Å². The van der Waals surface area contributed by atoms with Crippen LogP contribution < -0.4 is 10.2 Å². The minimum atomic E-state index is 0.542. The molecule has 0 aromatic heterocycles. The Morgan fingerprint density at radius 1 is 0.875 bits per heavy atom. The first-order valence-corrected chi connectivity index (χ1v) is 12.2. The molecule has 3 aromatic rings. The molecule has 0 spiro atoms. The summed E-state index contributed by atoms with van der Waals surface area (Å²) in [5.41, 5.74) is 7.42. The molecule has 1 fully saturated rings. The van der Waals surface area contributed by atoms with E-state index in [2.05, 4.69) is 101 Å². The fraction of sp³-hybridized carbons (Fsp3) is 0.379. The van der Waals surface area contributed by atoms with E-state index in [9.17, 15) is 0 Å². The minimum Gasteiger partial charge on any atom is -0.366 e. The van der Waals surface area contributed by atoms with Gasteiger partial charge in [-0.1, -0.05) is 72.8 Å². The Balaban J connectivity index is 1.43. The fourth-order valence-corrected chi connectivity index (χ4v) is 5.48. The van der Waals surface area contributed by atoms with Crippen LogP contribution in [0.3, 0.4) is 0 Å². The van der Waals surface area contributed by atoms with Crippen molar-refractivity contribution in [3.63, 3.8) is 0 Å². The quantitative estimate of drug-likeness (QED) is 0.597. The van der Waals surface area contributed by atoms with Crippen molar-refractivity contribution in [1.82, 2.24) is 10.2 Å². The fourth-order valence-electron chi connectivity index (χ4n) is 5.48. The molecule has 0 amide bonds. The lowest BCUT2D eigenvalue weighted by Gasteiger charge is -2.41. The predicted octanol–water partition coefficient (Wildman–Crippen LogP) is 5.04. The van der Waals surface area contributed by atoms with Gasteiger partial charge in [0.15, 0.2) is 0 Å². The van der Waals surface area contributed by atoms with Crippen LogP contribution in [0.4, 0.5) is 5.69 Å². The Bertz CT molecular complexity index is 960. The molecule has 1 N–H and O–H groups in total. The van der Waals surface area contributed by atoms with Crippen molar-refractivity contribution in [3.8, 4) is 0 Å². The van der Waals surface area contributed by atoms with Gasteiger partial charge in [0.2, 0.25) is 0 Å². The third-order valence-corrected chi connectivity index (χ3v) is 7.22. The van der Waals surface area contributed by atoms with E-state index in [0.717, 1.165) is 39.1 Å². The van der Waals surface area contributed by atoms with E-state index in [-0.39, 0.29) is 0 Å². The van der Waals surface area contributed by atoms with E-state index < -0.39 is 0 Å². The van der Waals surface area contributed by atoms with Crippen LogP contribution in [0.5, 0.6) is 0 Å². The van der Waals surface area contributed by atoms with Crippen LogP contribution in [0.25, 0.3) is 0 Å². The molecule has 1 saturated heterocycles. The Morgan fingerprint density at radius 3 is 2.22 bits per heavy atom. The van der Waals surface area contributed by atoms with E-state index in [1.165, 1.54) is 29.7 Å². The van der Waals surface area contributed by atoms with Crippen molar-refractivity contribution in [2.45, 2.75) is 51.4 Å². The van der Waals surface area contributed by atoms with Gasteiger partial charge in [0, 0.05) is 50.5 Å². The maximum Gasteiger partial charge on any atom is 0.0405 e. The molecule has 3 aromatic carbocycles. The lowest BCUT2D eigenvalue weighted by molar-refractivity contribution is 0.162. The van der Waals surface area contributed by atoms with E-state index in [1.807, 2.05) is 0 Å². The summed E-state index contributed by atoms with van der Waals surface area (Å²) in [6, 6.07) is 30.0. The Morgan fingerprint density at radius 2 is 1.56 bits per heavy atom. The van der Waals surface area contributed by atoms with Crippen molar-refractivity contribution in [3.05, 3.63) is 101 Å². The number of rotatable bonds is 6. The number of anilines is 1. The summed E-state index contributed by atoms with van der Waals surface area (Å²) in [6.07, 6.45) is 3.55. The lowest BCUT2D eigenvalue weighted by atomic mass is 9.85. The zero-order valence-corrected chi connectivity index (χ0v) is 19.2. The van der Waals surface area contributed by atoms with Gasteiger partial charge in [-0.25, -0.2) is 0 Å². The van der Waals surface area contributed by atoms with Gasteiger partial charge in [-0.05, 0) is 54.5 Å². The van der Waals surface area contributed by atoms with Gasteiger partial charge in [0.1, 0.15) is 0 Å². The zero-order valence-electron chi connectivity index (χ0n) is 19.2. The molecule has 2 aliphatic rings. The molecule has 166 valence electrons. The van der Waals surface area contributed by atoms with Crippen LogP contribution in [0.1, 0.15) is 35.6 Å². The number of piperazine rings is 1. The summed E-state index contributed by atoms with van der Waals surface area (Å²) in [4.78, 5) is 5.35. The summed E-state index contributed by atoms with van der Waals surface area (Å²) < 4.78 is 0. The van der Waals surface area contributed by atoms with Gasteiger partial charge < -0.3 is 10.2 Å². The number of hydrogen-bond acceptors (Lipinski definition) is 3. The molecule has 1 unspecified atom stereocenters. The van der Waals surface area contributed by atoms with E-state index in [4.69, 9.17) is 0 Å². The van der Waals surface area contributed by atoms with Crippen LogP contribution in [-0.4, -0.2) is 36.6 Å². The highest BCUT2D eigenvalue weighted by atomic mass is 15.2. The molecule has 0 radical (unpaired) electrons. The third kappa shape index (κ3) is 4.74. The highest BCUT2D eigenvalue weighted by Crippen LogP contribution is 2.34. The molecule has 1 heterocycles. The first-order valence-electron chi connectivity index (χ1n) is 12.2. The Kier molecular flexibility index (Phi) is 6.56. The van der Waals surface area contributed by atoms with Crippen molar-refractivity contribution in [2.24, 2.45) is 0 Å². The van der Waals surface area contributed by atoms with Crippen molar-refractivity contribution in [1.29, 1.82) is 0 Å². The van der Waals surface area contributed by atoms with Gasteiger partial charge in [0.05, 0.1) is 0 Å². The van der Waals surface area contributed by atoms with Crippen molar-refractivity contribution < 1.29 is 0 Å².